The van der Waals surface area contributed by atoms with E-state index in [1.165, 1.54) is 13.2 Å². The minimum absolute atomic E-state index is 0.0806. The summed E-state index contributed by atoms with van der Waals surface area (Å²) in [6.07, 6.45) is 0. The third kappa shape index (κ3) is 4.29. The Bertz CT molecular complexity index is 1410. The number of nitrogens with zero attached hydrogens (tertiary/aromatic N) is 3. The molecule has 0 aliphatic carbocycles. The van der Waals surface area contributed by atoms with Gasteiger partial charge in [0.2, 0.25) is 5.43 Å². The highest BCUT2D eigenvalue weighted by molar-refractivity contribution is 6.10. The summed E-state index contributed by atoms with van der Waals surface area (Å²) < 4.78 is 12.5. The van der Waals surface area contributed by atoms with E-state index in [1.807, 2.05) is 12.1 Å². The molecule has 0 spiro atoms. The lowest BCUT2D eigenvalue weighted by atomic mass is 10.0. The number of aromatic hydroxyl groups is 1. The van der Waals surface area contributed by atoms with Crippen LogP contribution in [0.4, 0.5) is 5.69 Å². The molecule has 3 heterocycles. The molecule has 1 saturated heterocycles. The number of hydrogen-bond acceptors (Lipinski definition) is 10. The zero-order valence-corrected chi connectivity index (χ0v) is 20.2. The molecule has 2 aromatic carbocycles. The van der Waals surface area contributed by atoms with Crippen LogP contribution in [0.25, 0.3) is 27.2 Å². The van der Waals surface area contributed by atoms with Crippen LogP contribution < -0.4 is 20.8 Å². The maximum atomic E-state index is 13.9. The quantitative estimate of drug-likeness (QED) is 0.195. The Balaban J connectivity index is 1.64. The smallest absolute Gasteiger partial charge is 0.203 e. The predicted molar refractivity (Wildman–Crippen MR) is 136 cm³/mol. The van der Waals surface area contributed by atoms with Crippen LogP contribution in [0.2, 0.25) is 0 Å². The number of aliphatic hydroxyl groups excluding tert-OH is 2. The lowest BCUT2D eigenvalue weighted by molar-refractivity contribution is 0.0398. The van der Waals surface area contributed by atoms with Gasteiger partial charge in [0.1, 0.15) is 17.0 Å². The monoisotopic (exact) mass is 497 g/mol. The number of phenolic OH excluding ortho intramolecular Hbond substituents is 1. The molecule has 0 amide bonds. The van der Waals surface area contributed by atoms with E-state index in [-0.39, 0.29) is 41.8 Å². The zero-order valence-electron chi connectivity index (χ0n) is 20.2. The molecule has 2 aromatic heterocycles. The maximum absolute atomic E-state index is 13.9. The van der Waals surface area contributed by atoms with Crippen LogP contribution in [-0.2, 0) is 11.3 Å². The minimum Gasteiger partial charge on any atom is -0.506 e. The van der Waals surface area contributed by atoms with Gasteiger partial charge < -0.3 is 35.4 Å². The lowest BCUT2D eigenvalue weighted by Gasteiger charge is -2.26. The summed E-state index contributed by atoms with van der Waals surface area (Å²) in [6.45, 7) is 4.46. The van der Waals surface area contributed by atoms with Crippen LogP contribution in [0.5, 0.6) is 11.5 Å². The van der Waals surface area contributed by atoms with Gasteiger partial charge in [-0.2, -0.15) is 5.10 Å². The molecular weight excluding hydrogens is 466 g/mol. The topological polar surface area (TPSA) is 141 Å². The van der Waals surface area contributed by atoms with E-state index in [2.05, 4.69) is 15.5 Å². The second kappa shape index (κ2) is 10.4. The first-order chi connectivity index (χ1) is 17.6. The third-order valence-electron chi connectivity index (χ3n) is 6.77. The first-order valence-electron chi connectivity index (χ1n) is 12.1. The number of fused-ring (bicyclic) bond motifs is 2. The van der Waals surface area contributed by atoms with Crippen LogP contribution in [0.15, 0.2) is 29.1 Å². The van der Waals surface area contributed by atoms with Crippen LogP contribution in [0.1, 0.15) is 5.69 Å². The van der Waals surface area contributed by atoms with Gasteiger partial charge in [0.25, 0.3) is 0 Å². The van der Waals surface area contributed by atoms with Crippen molar-refractivity contribution in [2.24, 2.45) is 0 Å². The summed E-state index contributed by atoms with van der Waals surface area (Å²) >= 11 is 0. The molecule has 1 aliphatic heterocycles. The Morgan fingerprint density at radius 1 is 1.11 bits per heavy atom. The summed E-state index contributed by atoms with van der Waals surface area (Å²) in [5.74, 6) is 0.272. The summed E-state index contributed by atoms with van der Waals surface area (Å²) in [7, 11) is 1.49. The number of aromatic nitrogens is 2. The Morgan fingerprint density at radius 2 is 1.89 bits per heavy atom. The zero-order chi connectivity index (χ0) is 25.2. The van der Waals surface area contributed by atoms with Gasteiger partial charge >= 0.3 is 0 Å². The number of phenols is 1. The number of hydrogen-bond donors (Lipinski definition) is 5. The molecule has 0 atom stereocenters. The number of benzene rings is 2. The largest absolute Gasteiger partial charge is 0.506 e. The van der Waals surface area contributed by atoms with E-state index in [0.717, 1.165) is 38.2 Å². The SMILES string of the molecule is COc1ccc(O)c2c1c(=O)c1c(NCCN3CCOCC3)ccc3c(CNC(CO)CO)nn2c31. The van der Waals surface area contributed by atoms with Crippen molar-refractivity contribution in [3.63, 3.8) is 0 Å². The molecule has 0 bridgehead atoms. The lowest BCUT2D eigenvalue weighted by Crippen LogP contribution is -2.39. The minimum atomic E-state index is -0.502. The van der Waals surface area contributed by atoms with E-state index in [9.17, 15) is 20.1 Å². The van der Waals surface area contributed by atoms with Crippen LogP contribution in [0, 0.1) is 0 Å². The number of methoxy groups -OCH3 is 1. The van der Waals surface area contributed by atoms with Gasteiger partial charge in [-0.05, 0) is 24.3 Å². The van der Waals surface area contributed by atoms with Gasteiger partial charge in [0, 0.05) is 43.8 Å². The average molecular weight is 498 g/mol. The van der Waals surface area contributed by atoms with E-state index in [4.69, 9.17) is 14.6 Å². The number of pyridine rings is 1. The predicted octanol–water partition coefficient (Wildman–Crippen LogP) is 0.340. The number of aliphatic hydroxyl groups is 2. The van der Waals surface area contributed by atoms with Crippen molar-refractivity contribution in [3.05, 3.63) is 40.2 Å². The van der Waals surface area contributed by atoms with E-state index in [0.29, 0.717) is 34.6 Å². The fraction of sp³-hybridized carbons (Fsp3) is 0.440. The molecule has 0 saturated carbocycles. The molecule has 4 aromatic rings. The van der Waals surface area contributed by atoms with Gasteiger partial charge in [0.15, 0.2) is 0 Å². The molecule has 11 heteroatoms. The molecule has 1 fully saturated rings. The van der Waals surface area contributed by atoms with Gasteiger partial charge in [-0.25, -0.2) is 4.52 Å². The Morgan fingerprint density at radius 3 is 2.61 bits per heavy atom. The molecule has 11 nitrogen and oxygen atoms in total. The molecular formula is C25H31N5O6. The van der Waals surface area contributed by atoms with Gasteiger partial charge in [-0.15, -0.1) is 0 Å². The number of rotatable bonds is 10. The van der Waals surface area contributed by atoms with Crippen molar-refractivity contribution in [2.75, 3.05) is 65.0 Å². The molecule has 0 unspecified atom stereocenters. The van der Waals surface area contributed by atoms with Gasteiger partial charge in [-0.3, -0.25) is 9.69 Å². The number of nitrogens with one attached hydrogen (secondary N) is 2. The maximum Gasteiger partial charge on any atom is 0.203 e. The highest BCUT2D eigenvalue weighted by Crippen LogP contribution is 2.36. The fourth-order valence-corrected chi connectivity index (χ4v) is 4.83. The van der Waals surface area contributed by atoms with Crippen LogP contribution >= 0.6 is 0 Å². The van der Waals surface area contributed by atoms with Crippen molar-refractivity contribution in [2.45, 2.75) is 12.6 Å². The Labute approximate surface area is 207 Å². The van der Waals surface area contributed by atoms with E-state index in [1.54, 1.807) is 10.6 Å². The Kier molecular flexibility index (Phi) is 7.08. The fourth-order valence-electron chi connectivity index (χ4n) is 4.83. The van der Waals surface area contributed by atoms with Gasteiger partial charge in [-0.1, -0.05) is 0 Å². The van der Waals surface area contributed by atoms with E-state index < -0.39 is 6.04 Å². The molecule has 5 rings (SSSR count). The standard InChI is InChI=1S/C25H31N5O6/c1-35-20-5-4-19(33)24-22(20)25(34)21-17(26-6-7-29-8-10-36-11-9-29)3-2-16-18(28-30(24)23(16)21)12-27-15(13-31)14-32/h2-5,15,26-27,31-33H,6-14H2,1H3. The number of morpholine rings is 1. The summed E-state index contributed by atoms with van der Waals surface area (Å²) in [5, 5.41) is 42.3. The van der Waals surface area contributed by atoms with Crippen LogP contribution in [0.3, 0.4) is 0 Å². The van der Waals surface area contributed by atoms with Crippen molar-refractivity contribution in [1.82, 2.24) is 19.8 Å². The summed E-state index contributed by atoms with van der Waals surface area (Å²) in [6, 6.07) is 6.33. The summed E-state index contributed by atoms with van der Waals surface area (Å²) in [5.41, 5.74) is 1.91. The van der Waals surface area contributed by atoms with Gasteiger partial charge in [0.05, 0.1) is 61.6 Å². The van der Waals surface area contributed by atoms with Crippen molar-refractivity contribution < 1.29 is 24.8 Å². The normalized spacial score (nSPS) is 15.0. The second-order valence-corrected chi connectivity index (χ2v) is 8.91. The van der Waals surface area contributed by atoms with Crippen LogP contribution in [-0.4, -0.2) is 95.6 Å². The summed E-state index contributed by atoms with van der Waals surface area (Å²) in [4.78, 5) is 16.2. The number of ether oxygens (including phenoxy) is 2. The molecule has 36 heavy (non-hydrogen) atoms. The highest BCUT2D eigenvalue weighted by atomic mass is 16.5. The second-order valence-electron chi connectivity index (χ2n) is 8.91. The Hall–Kier alpha value is -3.22. The highest BCUT2D eigenvalue weighted by Gasteiger charge is 2.24. The molecule has 5 N–H and O–H groups in total. The molecule has 192 valence electrons. The van der Waals surface area contributed by atoms with Crippen molar-refractivity contribution in [3.8, 4) is 11.5 Å². The van der Waals surface area contributed by atoms with E-state index >= 15 is 0 Å². The first kappa shape index (κ1) is 24.5. The average Bonchev–Trinajstić information content (AvgIpc) is 3.27. The van der Waals surface area contributed by atoms with Crippen molar-refractivity contribution >= 4 is 32.9 Å². The number of anilines is 1. The van der Waals surface area contributed by atoms with Crippen molar-refractivity contribution in [1.29, 1.82) is 0 Å². The molecule has 1 aliphatic rings. The third-order valence-corrected chi connectivity index (χ3v) is 6.77. The first-order valence-corrected chi connectivity index (χ1v) is 12.1. The molecule has 0 radical (unpaired) electrons.